The van der Waals surface area contributed by atoms with Gasteiger partial charge in [-0.05, 0) is 55.8 Å². The summed E-state index contributed by atoms with van der Waals surface area (Å²) < 4.78 is 5.37. The lowest BCUT2D eigenvalue weighted by atomic mass is 9.77. The highest BCUT2D eigenvalue weighted by atomic mass is 16.5. The van der Waals surface area contributed by atoms with Crippen molar-refractivity contribution in [3.8, 4) is 0 Å². The quantitative estimate of drug-likeness (QED) is 0.670. The van der Waals surface area contributed by atoms with Crippen LogP contribution in [0.2, 0.25) is 0 Å². The molecular formula is C28H44N4O4. The monoisotopic (exact) mass is 500 g/mol. The van der Waals surface area contributed by atoms with Crippen LogP contribution in [0.15, 0.2) is 10.6 Å². The maximum absolute atomic E-state index is 13.5. The topological polar surface area (TPSA) is 95.8 Å². The van der Waals surface area contributed by atoms with Gasteiger partial charge in [0, 0.05) is 56.5 Å². The Balaban J connectivity index is 1.49. The highest BCUT2D eigenvalue weighted by molar-refractivity contribution is 5.92. The van der Waals surface area contributed by atoms with Crippen molar-refractivity contribution >= 4 is 17.7 Å². The van der Waals surface area contributed by atoms with Crippen molar-refractivity contribution in [1.82, 2.24) is 20.3 Å². The summed E-state index contributed by atoms with van der Waals surface area (Å²) in [5.41, 5.74) is 0.367. The first-order valence-corrected chi connectivity index (χ1v) is 14.0. The second-order valence-electron chi connectivity index (χ2n) is 12.2. The predicted molar refractivity (Wildman–Crippen MR) is 137 cm³/mol. The number of nitrogens with one attached hydrogen (secondary N) is 1. The zero-order valence-electron chi connectivity index (χ0n) is 22.7. The van der Waals surface area contributed by atoms with Gasteiger partial charge in [-0.3, -0.25) is 14.4 Å². The summed E-state index contributed by atoms with van der Waals surface area (Å²) in [5.74, 6) is 2.29. The lowest BCUT2D eigenvalue weighted by molar-refractivity contribution is -0.141. The molecule has 1 aromatic rings. The van der Waals surface area contributed by atoms with Crippen molar-refractivity contribution in [3.05, 3.63) is 17.5 Å². The standard InChI is InChI=1S/C28H44N4O4/c1-17(2)22-10-9-19(5)11-27(34)32-15-20-12-21(24(32)7-6-8-26(33)29-22)16-31(14-20)28(35)23-13-25(18(3)4)36-30-23/h13,17-22,24H,6-12,14-16H2,1-5H3,(H,29,33)/t19-,20+,21-,22+,24+/m1/s1. The van der Waals surface area contributed by atoms with Crippen LogP contribution < -0.4 is 5.32 Å². The predicted octanol–water partition coefficient (Wildman–Crippen LogP) is 4.22. The largest absolute Gasteiger partial charge is 0.360 e. The number of carbonyl (C=O) groups is 3. The van der Waals surface area contributed by atoms with Crippen LogP contribution in [0.5, 0.6) is 0 Å². The molecule has 5 atom stereocenters. The minimum absolute atomic E-state index is 0.0644. The minimum Gasteiger partial charge on any atom is -0.360 e. The number of rotatable bonds is 3. The van der Waals surface area contributed by atoms with Crippen molar-refractivity contribution in [2.24, 2.45) is 23.7 Å². The molecule has 3 aliphatic rings. The van der Waals surface area contributed by atoms with Crippen LogP contribution in [0.3, 0.4) is 0 Å². The molecule has 8 nitrogen and oxygen atoms in total. The Bertz CT molecular complexity index is 942. The Morgan fingerprint density at radius 2 is 1.89 bits per heavy atom. The van der Waals surface area contributed by atoms with Crippen LogP contribution in [0, 0.1) is 23.7 Å². The van der Waals surface area contributed by atoms with Gasteiger partial charge >= 0.3 is 0 Å². The summed E-state index contributed by atoms with van der Waals surface area (Å²) in [5, 5.41) is 7.28. The first-order valence-electron chi connectivity index (χ1n) is 14.0. The van der Waals surface area contributed by atoms with E-state index in [1.807, 2.05) is 18.7 Å². The smallest absolute Gasteiger partial charge is 0.276 e. The highest BCUT2D eigenvalue weighted by Crippen LogP contribution is 2.37. The molecule has 4 heterocycles. The number of piperidine rings is 2. The molecule has 36 heavy (non-hydrogen) atoms. The number of hydrogen-bond acceptors (Lipinski definition) is 5. The van der Waals surface area contributed by atoms with E-state index in [4.69, 9.17) is 4.52 Å². The van der Waals surface area contributed by atoms with Crippen LogP contribution in [0.1, 0.15) is 102 Å². The van der Waals surface area contributed by atoms with E-state index in [-0.39, 0.29) is 53.5 Å². The van der Waals surface area contributed by atoms with Crippen molar-refractivity contribution in [1.29, 1.82) is 0 Å². The molecule has 8 heteroatoms. The third-order valence-electron chi connectivity index (χ3n) is 8.44. The lowest BCUT2D eigenvalue weighted by Crippen LogP contribution is -2.60. The summed E-state index contributed by atoms with van der Waals surface area (Å²) in [6, 6.07) is 1.98. The minimum atomic E-state index is -0.0857. The fourth-order valence-electron chi connectivity index (χ4n) is 6.30. The van der Waals surface area contributed by atoms with E-state index in [9.17, 15) is 14.4 Å². The zero-order chi connectivity index (χ0) is 26.0. The number of likely N-dealkylation sites (tertiary alicyclic amines) is 1. The molecule has 2 bridgehead atoms. The Morgan fingerprint density at radius 3 is 2.58 bits per heavy atom. The number of amides is 3. The van der Waals surface area contributed by atoms with Gasteiger partial charge in [0.2, 0.25) is 11.8 Å². The summed E-state index contributed by atoms with van der Waals surface area (Å²) >= 11 is 0. The van der Waals surface area contributed by atoms with Gasteiger partial charge in [0.1, 0.15) is 5.76 Å². The molecule has 0 saturated carbocycles. The van der Waals surface area contributed by atoms with Gasteiger partial charge < -0.3 is 19.6 Å². The van der Waals surface area contributed by atoms with Crippen LogP contribution in [-0.2, 0) is 9.59 Å². The van der Waals surface area contributed by atoms with E-state index < -0.39 is 0 Å². The molecular weight excluding hydrogens is 456 g/mol. The van der Waals surface area contributed by atoms with E-state index in [0.717, 1.165) is 37.9 Å². The average Bonchev–Trinajstić information content (AvgIpc) is 3.32. The van der Waals surface area contributed by atoms with Gasteiger partial charge in [0.05, 0.1) is 0 Å². The number of fused-ring (bicyclic) bond motifs is 4. The Kier molecular flexibility index (Phi) is 8.41. The van der Waals surface area contributed by atoms with Gasteiger partial charge in [-0.1, -0.05) is 39.8 Å². The molecule has 3 aliphatic heterocycles. The molecule has 0 spiro atoms. The summed E-state index contributed by atoms with van der Waals surface area (Å²) in [6.07, 6.45) is 5.42. The zero-order valence-corrected chi connectivity index (χ0v) is 22.7. The summed E-state index contributed by atoms with van der Waals surface area (Å²) in [4.78, 5) is 43.5. The van der Waals surface area contributed by atoms with E-state index in [2.05, 4.69) is 36.1 Å². The highest BCUT2D eigenvalue weighted by Gasteiger charge is 2.44. The van der Waals surface area contributed by atoms with Crippen LogP contribution in [0.25, 0.3) is 0 Å². The maximum atomic E-state index is 13.5. The first kappa shape index (κ1) is 26.7. The molecule has 0 unspecified atom stereocenters. The number of aromatic nitrogens is 1. The Hall–Kier alpha value is -2.38. The number of nitrogens with zero attached hydrogens (tertiary/aromatic N) is 3. The van der Waals surface area contributed by atoms with Crippen molar-refractivity contribution in [3.63, 3.8) is 0 Å². The van der Waals surface area contributed by atoms with E-state index in [1.165, 1.54) is 0 Å². The molecule has 0 radical (unpaired) electrons. The van der Waals surface area contributed by atoms with Gasteiger partial charge in [-0.25, -0.2) is 0 Å². The van der Waals surface area contributed by atoms with Crippen LogP contribution >= 0.6 is 0 Å². The molecule has 0 aliphatic carbocycles. The Labute approximate surface area is 215 Å². The molecule has 200 valence electrons. The number of carbonyl (C=O) groups excluding carboxylic acids is 3. The van der Waals surface area contributed by atoms with E-state index >= 15 is 0 Å². The molecule has 3 fully saturated rings. The van der Waals surface area contributed by atoms with E-state index in [0.29, 0.717) is 44.1 Å². The maximum Gasteiger partial charge on any atom is 0.276 e. The third kappa shape index (κ3) is 6.12. The second-order valence-corrected chi connectivity index (χ2v) is 12.2. The fourth-order valence-corrected chi connectivity index (χ4v) is 6.30. The van der Waals surface area contributed by atoms with Crippen LogP contribution in [0.4, 0.5) is 0 Å². The van der Waals surface area contributed by atoms with Crippen LogP contribution in [-0.4, -0.2) is 64.4 Å². The molecule has 1 N–H and O–H groups in total. The molecule has 4 rings (SSSR count). The van der Waals surface area contributed by atoms with Gasteiger partial charge in [0.25, 0.3) is 5.91 Å². The van der Waals surface area contributed by atoms with Crippen molar-refractivity contribution in [2.45, 2.75) is 97.6 Å². The van der Waals surface area contributed by atoms with Gasteiger partial charge in [0.15, 0.2) is 5.69 Å². The summed E-state index contributed by atoms with van der Waals surface area (Å²) in [7, 11) is 0. The Morgan fingerprint density at radius 1 is 1.11 bits per heavy atom. The van der Waals surface area contributed by atoms with E-state index in [1.54, 1.807) is 6.07 Å². The van der Waals surface area contributed by atoms with Gasteiger partial charge in [-0.2, -0.15) is 0 Å². The summed E-state index contributed by atoms with van der Waals surface area (Å²) in [6.45, 7) is 12.4. The molecule has 3 saturated heterocycles. The van der Waals surface area contributed by atoms with Crippen molar-refractivity contribution in [2.75, 3.05) is 19.6 Å². The SMILES string of the molecule is CC(C)c1cc(C(=O)N2C[C@@H]3C[C@H](C2)[C@@H]2CCCC(=O)N[C@H](C(C)C)CC[C@@H](C)CC(=O)N2C3)no1. The van der Waals surface area contributed by atoms with Crippen molar-refractivity contribution < 1.29 is 18.9 Å². The fraction of sp³-hybridized carbons (Fsp3) is 0.786. The second kappa shape index (κ2) is 11.3. The molecule has 0 aromatic carbocycles. The lowest BCUT2D eigenvalue weighted by Gasteiger charge is -2.51. The third-order valence-corrected chi connectivity index (χ3v) is 8.44. The van der Waals surface area contributed by atoms with Gasteiger partial charge in [-0.15, -0.1) is 0 Å². The molecule has 3 amide bonds. The molecule has 1 aromatic heterocycles. The average molecular weight is 501 g/mol. The normalized spacial score (nSPS) is 30.4. The number of hydrogen-bond donors (Lipinski definition) is 1. The first-order chi connectivity index (χ1) is 17.1.